The van der Waals surface area contributed by atoms with Crippen LogP contribution >= 0.6 is 0 Å². The Morgan fingerprint density at radius 1 is 0.970 bits per heavy atom. The second kappa shape index (κ2) is 12.2. The summed E-state index contributed by atoms with van der Waals surface area (Å²) in [6.07, 6.45) is 6.17. The molecule has 3 aromatic rings. The molecule has 1 unspecified atom stereocenters. The van der Waals surface area contributed by atoms with Gasteiger partial charge in [0.05, 0.1) is 19.7 Å². The summed E-state index contributed by atoms with van der Waals surface area (Å²) in [5, 5.41) is 4.66. The molecule has 1 aromatic heterocycles. The van der Waals surface area contributed by atoms with Gasteiger partial charge in [-0.1, -0.05) is 38.1 Å². The molecule has 0 amide bonds. The van der Waals surface area contributed by atoms with Gasteiger partial charge in [0.25, 0.3) is 0 Å². The fourth-order valence-electron chi connectivity index (χ4n) is 3.87. The molecular formula is C27H36N4O2. The summed E-state index contributed by atoms with van der Waals surface area (Å²) in [6.45, 7) is 9.99. The standard InChI is InChI=1S/C27H36N4O2/c1-6-31(7-2)18-10-11-20(3)28-27-22-12-8-9-13-23(22)29-26(30-27)17-15-21-14-16-24(32-4)25(19-21)33-5/h8-9,12-17,19-20H,6-7,10-11,18H2,1-5H3,(H,28,29,30). The van der Waals surface area contributed by atoms with Gasteiger partial charge in [-0.25, -0.2) is 9.97 Å². The maximum absolute atomic E-state index is 5.41. The highest BCUT2D eigenvalue weighted by Gasteiger charge is 2.10. The molecule has 0 aliphatic carbocycles. The fraction of sp³-hybridized carbons (Fsp3) is 0.407. The van der Waals surface area contributed by atoms with E-state index >= 15 is 0 Å². The number of nitrogens with zero attached hydrogens (tertiary/aromatic N) is 3. The van der Waals surface area contributed by atoms with Gasteiger partial charge in [-0.2, -0.15) is 0 Å². The highest BCUT2D eigenvalue weighted by Crippen LogP contribution is 2.28. The summed E-state index contributed by atoms with van der Waals surface area (Å²) in [5.41, 5.74) is 1.92. The predicted octanol–water partition coefficient (Wildman–Crippen LogP) is 5.74. The molecule has 0 spiro atoms. The van der Waals surface area contributed by atoms with Crippen LogP contribution in [0.4, 0.5) is 5.82 Å². The lowest BCUT2D eigenvalue weighted by Crippen LogP contribution is -2.25. The van der Waals surface area contributed by atoms with Gasteiger partial charge in [0, 0.05) is 11.4 Å². The Hall–Kier alpha value is -3.12. The Morgan fingerprint density at radius 2 is 1.73 bits per heavy atom. The van der Waals surface area contributed by atoms with Crippen LogP contribution in [-0.4, -0.2) is 54.8 Å². The number of hydrogen-bond donors (Lipinski definition) is 1. The topological polar surface area (TPSA) is 59.5 Å². The maximum atomic E-state index is 5.41. The quantitative estimate of drug-likeness (QED) is 0.381. The minimum atomic E-state index is 0.321. The van der Waals surface area contributed by atoms with Crippen molar-refractivity contribution in [3.63, 3.8) is 0 Å². The van der Waals surface area contributed by atoms with E-state index in [1.807, 2.05) is 48.6 Å². The van der Waals surface area contributed by atoms with Crippen molar-refractivity contribution >= 4 is 28.9 Å². The predicted molar refractivity (Wildman–Crippen MR) is 138 cm³/mol. The molecule has 0 fully saturated rings. The van der Waals surface area contributed by atoms with Crippen molar-refractivity contribution in [1.29, 1.82) is 0 Å². The maximum Gasteiger partial charge on any atom is 0.161 e. The number of para-hydroxylation sites is 1. The molecule has 176 valence electrons. The highest BCUT2D eigenvalue weighted by molar-refractivity contribution is 5.90. The Labute approximate surface area is 197 Å². The molecule has 1 atom stereocenters. The van der Waals surface area contributed by atoms with Crippen molar-refractivity contribution in [2.24, 2.45) is 0 Å². The van der Waals surface area contributed by atoms with Crippen molar-refractivity contribution in [3.8, 4) is 11.5 Å². The van der Waals surface area contributed by atoms with Crippen LogP contribution in [0.2, 0.25) is 0 Å². The lowest BCUT2D eigenvalue weighted by molar-refractivity contribution is 0.295. The van der Waals surface area contributed by atoms with Crippen LogP contribution in [0.25, 0.3) is 23.1 Å². The number of nitrogens with one attached hydrogen (secondary N) is 1. The summed E-state index contributed by atoms with van der Waals surface area (Å²) >= 11 is 0. The Balaban J connectivity index is 1.78. The van der Waals surface area contributed by atoms with E-state index < -0.39 is 0 Å². The third kappa shape index (κ3) is 6.68. The summed E-state index contributed by atoms with van der Waals surface area (Å²) in [7, 11) is 3.27. The Morgan fingerprint density at radius 3 is 2.45 bits per heavy atom. The smallest absolute Gasteiger partial charge is 0.161 e. The molecule has 6 nitrogen and oxygen atoms in total. The van der Waals surface area contributed by atoms with Crippen molar-refractivity contribution in [1.82, 2.24) is 14.9 Å². The summed E-state index contributed by atoms with van der Waals surface area (Å²) < 4.78 is 10.7. The van der Waals surface area contributed by atoms with Crippen molar-refractivity contribution < 1.29 is 9.47 Å². The van der Waals surface area contributed by atoms with Crippen LogP contribution in [0.3, 0.4) is 0 Å². The second-order valence-corrected chi connectivity index (χ2v) is 8.11. The molecule has 0 saturated carbocycles. The van der Waals surface area contributed by atoms with Crippen LogP contribution < -0.4 is 14.8 Å². The van der Waals surface area contributed by atoms with E-state index in [1.54, 1.807) is 14.2 Å². The van der Waals surface area contributed by atoms with E-state index in [-0.39, 0.29) is 0 Å². The zero-order valence-electron chi connectivity index (χ0n) is 20.5. The molecular weight excluding hydrogens is 412 g/mol. The van der Waals surface area contributed by atoms with Crippen LogP contribution in [0.1, 0.15) is 45.0 Å². The van der Waals surface area contributed by atoms with Gasteiger partial charge < -0.3 is 19.7 Å². The van der Waals surface area contributed by atoms with Gasteiger partial charge in [0.2, 0.25) is 0 Å². The molecule has 1 heterocycles. The largest absolute Gasteiger partial charge is 0.493 e. The lowest BCUT2D eigenvalue weighted by atomic mass is 10.1. The lowest BCUT2D eigenvalue weighted by Gasteiger charge is -2.20. The monoisotopic (exact) mass is 448 g/mol. The third-order valence-corrected chi connectivity index (χ3v) is 5.84. The number of anilines is 1. The van der Waals surface area contributed by atoms with E-state index in [9.17, 15) is 0 Å². The Kier molecular flexibility index (Phi) is 9.07. The minimum Gasteiger partial charge on any atom is -0.493 e. The summed E-state index contributed by atoms with van der Waals surface area (Å²) in [4.78, 5) is 12.0. The first-order valence-corrected chi connectivity index (χ1v) is 11.7. The SMILES string of the molecule is CCN(CC)CCCC(C)Nc1nc(C=Cc2ccc(OC)c(OC)c2)nc2ccccc12. The molecule has 33 heavy (non-hydrogen) atoms. The van der Waals surface area contributed by atoms with Crippen LogP contribution in [0.15, 0.2) is 42.5 Å². The van der Waals surface area contributed by atoms with E-state index in [4.69, 9.17) is 19.4 Å². The van der Waals surface area contributed by atoms with Crippen molar-refractivity contribution in [2.75, 3.05) is 39.2 Å². The third-order valence-electron chi connectivity index (χ3n) is 5.84. The summed E-state index contributed by atoms with van der Waals surface area (Å²) in [6, 6.07) is 14.3. The average molecular weight is 449 g/mol. The molecule has 0 aliphatic rings. The van der Waals surface area contributed by atoms with E-state index in [0.717, 1.165) is 54.8 Å². The summed E-state index contributed by atoms with van der Waals surface area (Å²) in [5.74, 6) is 2.95. The van der Waals surface area contributed by atoms with E-state index in [2.05, 4.69) is 37.1 Å². The number of fused-ring (bicyclic) bond motifs is 1. The number of ether oxygens (including phenoxy) is 2. The molecule has 0 bridgehead atoms. The molecule has 3 rings (SSSR count). The first-order chi connectivity index (χ1) is 16.1. The number of rotatable bonds is 12. The Bertz CT molecular complexity index is 1060. The van der Waals surface area contributed by atoms with Gasteiger partial charge in [-0.05, 0) is 75.3 Å². The van der Waals surface area contributed by atoms with Crippen LogP contribution in [0.5, 0.6) is 11.5 Å². The highest BCUT2D eigenvalue weighted by atomic mass is 16.5. The van der Waals surface area contributed by atoms with Crippen LogP contribution in [-0.2, 0) is 0 Å². The fourth-order valence-corrected chi connectivity index (χ4v) is 3.87. The molecule has 0 aliphatic heterocycles. The molecule has 2 aromatic carbocycles. The molecule has 1 N–H and O–H groups in total. The number of hydrogen-bond acceptors (Lipinski definition) is 6. The van der Waals surface area contributed by atoms with Crippen molar-refractivity contribution in [2.45, 2.75) is 39.7 Å². The van der Waals surface area contributed by atoms with Crippen LogP contribution in [0, 0.1) is 0 Å². The second-order valence-electron chi connectivity index (χ2n) is 8.11. The number of benzene rings is 2. The van der Waals surface area contributed by atoms with E-state index in [0.29, 0.717) is 23.4 Å². The van der Waals surface area contributed by atoms with Gasteiger partial charge >= 0.3 is 0 Å². The van der Waals surface area contributed by atoms with Crippen molar-refractivity contribution in [3.05, 3.63) is 53.9 Å². The van der Waals surface area contributed by atoms with Gasteiger partial charge in [0.15, 0.2) is 17.3 Å². The first kappa shape index (κ1) is 24.5. The van der Waals surface area contributed by atoms with Gasteiger partial charge in [-0.3, -0.25) is 0 Å². The minimum absolute atomic E-state index is 0.321. The molecule has 0 saturated heterocycles. The number of methoxy groups -OCH3 is 2. The zero-order valence-corrected chi connectivity index (χ0v) is 20.5. The van der Waals surface area contributed by atoms with Gasteiger partial charge in [0.1, 0.15) is 5.82 Å². The molecule has 6 heteroatoms. The normalized spacial score (nSPS) is 12.4. The van der Waals surface area contributed by atoms with Gasteiger partial charge in [-0.15, -0.1) is 0 Å². The molecule has 0 radical (unpaired) electrons. The zero-order chi connectivity index (χ0) is 23.6. The number of aromatic nitrogens is 2. The average Bonchev–Trinajstić information content (AvgIpc) is 2.85. The first-order valence-electron chi connectivity index (χ1n) is 11.7. The van der Waals surface area contributed by atoms with E-state index in [1.165, 1.54) is 0 Å².